The van der Waals surface area contributed by atoms with Crippen LogP contribution in [0, 0.1) is 5.92 Å². The number of aryl methyl sites for hydroxylation is 1. The van der Waals surface area contributed by atoms with Crippen LogP contribution in [0.2, 0.25) is 0 Å². The van der Waals surface area contributed by atoms with Gasteiger partial charge in [0.25, 0.3) is 0 Å². The maximum Gasteiger partial charge on any atom is 0.357 e. The summed E-state index contributed by atoms with van der Waals surface area (Å²) in [6.45, 7) is 5.56. The molecule has 4 N–H and O–H groups in total. The number of hydrogen-bond acceptors (Lipinski definition) is 6. The normalized spacial score (nSPS) is 13.1. The van der Waals surface area contributed by atoms with Crippen molar-refractivity contribution in [3.05, 3.63) is 81.8 Å². The van der Waals surface area contributed by atoms with E-state index in [2.05, 4.69) is 15.6 Å². The molecule has 0 spiro atoms. The van der Waals surface area contributed by atoms with E-state index in [4.69, 9.17) is 4.55 Å². The van der Waals surface area contributed by atoms with Crippen molar-refractivity contribution in [1.29, 1.82) is 0 Å². The molecule has 198 valence electrons. The number of rotatable bonds is 12. The highest BCUT2D eigenvalue weighted by atomic mass is 32.2. The Morgan fingerprint density at radius 1 is 0.946 bits per heavy atom. The van der Waals surface area contributed by atoms with E-state index < -0.39 is 22.4 Å². The molecule has 2 aromatic carbocycles. The predicted molar refractivity (Wildman–Crippen MR) is 145 cm³/mol. The van der Waals surface area contributed by atoms with Gasteiger partial charge < -0.3 is 10.6 Å². The average Bonchev–Trinajstić information content (AvgIpc) is 3.33. The zero-order valence-corrected chi connectivity index (χ0v) is 22.6. The van der Waals surface area contributed by atoms with Gasteiger partial charge in [-0.2, -0.15) is 8.42 Å². The summed E-state index contributed by atoms with van der Waals surface area (Å²) in [5, 5.41) is 8.64. The van der Waals surface area contributed by atoms with Crippen LogP contribution in [0.5, 0.6) is 0 Å². The number of hydrogen-bond donors (Lipinski definition) is 4. The summed E-state index contributed by atoms with van der Waals surface area (Å²) >= 11 is 1.45. The van der Waals surface area contributed by atoms with Crippen LogP contribution < -0.4 is 15.4 Å². The largest absolute Gasteiger partial charge is 0.357 e. The van der Waals surface area contributed by atoms with Gasteiger partial charge in [-0.25, -0.2) is 4.98 Å². The first-order valence-electron chi connectivity index (χ1n) is 12.0. The SMILES string of the molecule is CCc1csc([C@H](Cc2ccc(NS(=O)(=O)O)cc2)NC(=O)[C@H](Cc2ccccc2)NC(=O)C(C)C)n1. The minimum atomic E-state index is -4.37. The van der Waals surface area contributed by atoms with Crippen molar-refractivity contribution in [1.82, 2.24) is 15.6 Å². The minimum Gasteiger partial charge on any atom is -0.345 e. The quantitative estimate of drug-likeness (QED) is 0.257. The Labute approximate surface area is 221 Å². The molecule has 0 saturated heterocycles. The molecule has 0 fully saturated rings. The number of thiazole rings is 1. The smallest absolute Gasteiger partial charge is 0.345 e. The molecule has 11 heteroatoms. The molecule has 0 aliphatic carbocycles. The first-order chi connectivity index (χ1) is 17.5. The van der Waals surface area contributed by atoms with Crippen molar-refractivity contribution in [2.45, 2.75) is 52.1 Å². The maximum atomic E-state index is 13.5. The second-order valence-electron chi connectivity index (χ2n) is 8.98. The summed E-state index contributed by atoms with van der Waals surface area (Å²) in [7, 11) is -4.37. The standard InChI is InChI=1S/C26H32N4O5S2/c1-4-20-16-36-26(27-20)23(15-19-10-12-21(13-11-19)30-37(33,34)35)29-25(32)22(28-24(31)17(2)3)14-18-8-6-5-7-9-18/h5-13,16-17,22-23,30H,4,14-15H2,1-3H3,(H,28,31)(H,29,32)(H,33,34,35)/t22-,23-/m0/s1. The topological polar surface area (TPSA) is 137 Å². The molecule has 0 aliphatic heterocycles. The van der Waals surface area contributed by atoms with Crippen molar-refractivity contribution in [2.24, 2.45) is 5.92 Å². The first kappa shape index (κ1) is 28.3. The van der Waals surface area contributed by atoms with Crippen LogP contribution in [0.25, 0.3) is 0 Å². The lowest BCUT2D eigenvalue weighted by molar-refractivity contribution is -0.130. The predicted octanol–water partition coefficient (Wildman–Crippen LogP) is 3.70. The Balaban J connectivity index is 1.84. The van der Waals surface area contributed by atoms with Gasteiger partial charge in [0.1, 0.15) is 11.0 Å². The molecule has 1 aromatic heterocycles. The van der Waals surface area contributed by atoms with E-state index in [0.29, 0.717) is 12.8 Å². The number of benzene rings is 2. The van der Waals surface area contributed by atoms with Crippen LogP contribution in [0.4, 0.5) is 5.69 Å². The monoisotopic (exact) mass is 544 g/mol. The van der Waals surface area contributed by atoms with Gasteiger partial charge in [0.2, 0.25) is 11.8 Å². The molecule has 0 saturated carbocycles. The fraction of sp³-hybridized carbons (Fsp3) is 0.346. The molecule has 9 nitrogen and oxygen atoms in total. The lowest BCUT2D eigenvalue weighted by atomic mass is 10.0. The Morgan fingerprint density at radius 3 is 2.16 bits per heavy atom. The van der Waals surface area contributed by atoms with E-state index in [-0.39, 0.29) is 23.4 Å². The van der Waals surface area contributed by atoms with Gasteiger partial charge in [0, 0.05) is 17.7 Å². The van der Waals surface area contributed by atoms with Crippen LogP contribution in [0.1, 0.15) is 48.6 Å². The highest BCUT2D eigenvalue weighted by Crippen LogP contribution is 2.24. The highest BCUT2D eigenvalue weighted by molar-refractivity contribution is 7.87. The van der Waals surface area contributed by atoms with E-state index in [9.17, 15) is 18.0 Å². The third kappa shape index (κ3) is 8.96. The lowest BCUT2D eigenvalue weighted by Gasteiger charge is -2.23. The molecule has 0 unspecified atom stereocenters. The average molecular weight is 545 g/mol. The van der Waals surface area contributed by atoms with Gasteiger partial charge in [-0.15, -0.1) is 11.3 Å². The number of carbonyl (C=O) groups excluding carboxylic acids is 2. The van der Waals surface area contributed by atoms with Crippen LogP contribution >= 0.6 is 11.3 Å². The Morgan fingerprint density at radius 2 is 1.59 bits per heavy atom. The van der Waals surface area contributed by atoms with Crippen molar-refractivity contribution in [3.63, 3.8) is 0 Å². The van der Waals surface area contributed by atoms with E-state index in [1.807, 2.05) is 47.4 Å². The van der Waals surface area contributed by atoms with Crippen LogP contribution in [-0.2, 0) is 39.2 Å². The van der Waals surface area contributed by atoms with Gasteiger partial charge >= 0.3 is 10.3 Å². The van der Waals surface area contributed by atoms with Crippen LogP contribution in [0.15, 0.2) is 60.0 Å². The van der Waals surface area contributed by atoms with Crippen molar-refractivity contribution in [2.75, 3.05) is 4.72 Å². The third-order valence-corrected chi connectivity index (χ3v) is 7.13. The molecule has 3 rings (SSSR count). The van der Waals surface area contributed by atoms with Gasteiger partial charge in [0.15, 0.2) is 0 Å². The van der Waals surface area contributed by atoms with Crippen LogP contribution in [0.3, 0.4) is 0 Å². The Kier molecular flexibility index (Phi) is 9.79. The maximum absolute atomic E-state index is 13.5. The second-order valence-corrected chi connectivity index (χ2v) is 11.0. The molecule has 0 bridgehead atoms. The Bertz CT molecular complexity index is 1290. The van der Waals surface area contributed by atoms with Gasteiger partial charge in [-0.05, 0) is 36.1 Å². The zero-order valence-electron chi connectivity index (χ0n) is 21.0. The summed E-state index contributed by atoms with van der Waals surface area (Å²) in [5.74, 6) is -0.805. The molecule has 2 atom stereocenters. The molecule has 0 radical (unpaired) electrons. The molecular weight excluding hydrogens is 512 g/mol. The number of anilines is 1. The molecule has 3 aromatic rings. The van der Waals surface area contributed by atoms with Crippen molar-refractivity contribution < 1.29 is 22.6 Å². The second kappa shape index (κ2) is 12.8. The molecular formula is C26H32N4O5S2. The van der Waals surface area contributed by atoms with Crippen molar-refractivity contribution >= 4 is 39.1 Å². The number of amides is 2. The van der Waals surface area contributed by atoms with Gasteiger partial charge in [-0.3, -0.25) is 18.9 Å². The van der Waals surface area contributed by atoms with E-state index >= 15 is 0 Å². The fourth-order valence-corrected chi connectivity index (χ4v) is 5.00. The van der Waals surface area contributed by atoms with E-state index in [1.165, 1.54) is 23.5 Å². The van der Waals surface area contributed by atoms with Gasteiger partial charge in [-0.1, -0.05) is 63.2 Å². The van der Waals surface area contributed by atoms with Crippen LogP contribution in [-0.4, -0.2) is 35.8 Å². The zero-order chi connectivity index (χ0) is 27.0. The van der Waals surface area contributed by atoms with E-state index in [0.717, 1.165) is 28.2 Å². The van der Waals surface area contributed by atoms with Gasteiger partial charge in [0.05, 0.1) is 17.4 Å². The number of aromatic nitrogens is 1. The summed E-state index contributed by atoms with van der Waals surface area (Å²) in [6, 6.07) is 14.7. The molecule has 2 amide bonds. The summed E-state index contributed by atoms with van der Waals surface area (Å²) in [4.78, 5) is 30.7. The number of carbonyl (C=O) groups is 2. The molecule has 0 aliphatic rings. The molecule has 37 heavy (non-hydrogen) atoms. The molecule has 1 heterocycles. The lowest BCUT2D eigenvalue weighted by Crippen LogP contribution is -2.50. The van der Waals surface area contributed by atoms with E-state index in [1.54, 1.807) is 26.0 Å². The highest BCUT2D eigenvalue weighted by Gasteiger charge is 2.27. The van der Waals surface area contributed by atoms with Crippen molar-refractivity contribution in [3.8, 4) is 0 Å². The first-order valence-corrected chi connectivity index (χ1v) is 14.3. The fourth-order valence-electron chi connectivity index (χ4n) is 3.61. The third-order valence-electron chi connectivity index (χ3n) is 5.63. The number of nitrogens with one attached hydrogen (secondary N) is 3. The summed E-state index contributed by atoms with van der Waals surface area (Å²) in [5.41, 5.74) is 2.88. The summed E-state index contributed by atoms with van der Waals surface area (Å²) in [6.07, 6.45) is 1.49. The minimum absolute atomic E-state index is 0.211. The Hall–Kier alpha value is -3.28. The number of nitrogens with zero attached hydrogens (tertiary/aromatic N) is 1. The summed E-state index contributed by atoms with van der Waals surface area (Å²) < 4.78 is 33.1.